The molecule has 1 saturated carbocycles. The van der Waals surface area contributed by atoms with Crippen molar-refractivity contribution in [2.75, 3.05) is 12.0 Å². The molecule has 34 heavy (non-hydrogen) atoms. The van der Waals surface area contributed by atoms with Crippen molar-refractivity contribution < 1.29 is 23.2 Å². The minimum absolute atomic E-state index is 0.0857. The number of nitrogens with zero attached hydrogens (tertiary/aromatic N) is 1. The molecule has 0 bridgehead atoms. The predicted octanol–water partition coefficient (Wildman–Crippen LogP) is 5.43. The summed E-state index contributed by atoms with van der Waals surface area (Å²) in [6.07, 6.45) is 9.72. The van der Waals surface area contributed by atoms with E-state index < -0.39 is 6.04 Å². The quantitative estimate of drug-likeness (QED) is 0.452. The van der Waals surface area contributed by atoms with Gasteiger partial charge in [-0.1, -0.05) is 25.3 Å². The normalized spacial score (nSPS) is 15.2. The number of anilines is 1. The van der Waals surface area contributed by atoms with Crippen molar-refractivity contribution in [2.45, 2.75) is 51.1 Å². The monoisotopic (exact) mass is 462 g/mol. The zero-order valence-corrected chi connectivity index (χ0v) is 19.5. The van der Waals surface area contributed by atoms with E-state index in [0.717, 1.165) is 31.4 Å². The third kappa shape index (κ3) is 5.60. The summed E-state index contributed by atoms with van der Waals surface area (Å²) in [5.41, 5.74) is 0.518. The smallest absolute Gasteiger partial charge is 0.252 e. The topological polar surface area (TPSA) is 84.9 Å². The molecule has 7 nitrogen and oxygen atoms in total. The summed E-state index contributed by atoms with van der Waals surface area (Å²) in [5.74, 6) is 1.59. The van der Waals surface area contributed by atoms with Gasteiger partial charge < -0.3 is 18.9 Å². The van der Waals surface area contributed by atoms with Crippen LogP contribution in [0.15, 0.2) is 69.7 Å². The largest absolute Gasteiger partial charge is 0.497 e. The Morgan fingerprint density at radius 3 is 2.62 bits per heavy atom. The molecule has 1 aromatic carbocycles. The molecule has 0 aliphatic heterocycles. The first-order valence-corrected chi connectivity index (χ1v) is 11.6. The number of ether oxygens (including phenoxy) is 1. The SMILES string of the molecule is COc1cccc(N(C(=O)/C=C/c2ccc(C)o2)[C@H](C(=O)NC2CCCCC2)c2ccco2)c1. The van der Waals surface area contributed by atoms with E-state index in [9.17, 15) is 9.59 Å². The number of benzene rings is 1. The van der Waals surface area contributed by atoms with Gasteiger partial charge in [0.25, 0.3) is 11.8 Å². The average Bonchev–Trinajstić information content (AvgIpc) is 3.53. The van der Waals surface area contributed by atoms with E-state index in [1.54, 1.807) is 55.7 Å². The fourth-order valence-electron chi connectivity index (χ4n) is 4.29. The minimum Gasteiger partial charge on any atom is -0.497 e. The standard InChI is InChI=1S/C27H30N2O5/c1-19-13-14-22(34-19)15-16-25(30)29(21-10-6-11-23(18-21)32-2)26(24-12-7-17-33-24)27(31)28-20-8-4-3-5-9-20/h6-7,10-18,20,26H,3-5,8-9H2,1-2H3,(H,28,31)/b16-15+/t26-/m0/s1. The zero-order valence-electron chi connectivity index (χ0n) is 19.5. The molecule has 1 aliphatic rings. The van der Waals surface area contributed by atoms with Crippen molar-refractivity contribution in [3.63, 3.8) is 0 Å². The van der Waals surface area contributed by atoms with Gasteiger partial charge >= 0.3 is 0 Å². The van der Waals surface area contributed by atoms with Crippen LogP contribution in [-0.2, 0) is 9.59 Å². The van der Waals surface area contributed by atoms with E-state index in [1.807, 2.05) is 13.0 Å². The number of carbonyl (C=O) groups excluding carboxylic acids is 2. The molecule has 0 spiro atoms. The lowest BCUT2D eigenvalue weighted by atomic mass is 9.95. The lowest BCUT2D eigenvalue weighted by Crippen LogP contribution is -2.46. The van der Waals surface area contributed by atoms with Gasteiger partial charge in [-0.3, -0.25) is 14.5 Å². The van der Waals surface area contributed by atoms with Crippen LogP contribution in [0.4, 0.5) is 5.69 Å². The Balaban J connectivity index is 1.71. The van der Waals surface area contributed by atoms with Gasteiger partial charge in [0.15, 0.2) is 6.04 Å². The molecule has 3 aromatic rings. The van der Waals surface area contributed by atoms with Crippen molar-refractivity contribution in [3.05, 3.63) is 78.2 Å². The highest BCUT2D eigenvalue weighted by Gasteiger charge is 2.35. The molecular weight excluding hydrogens is 432 g/mol. The maximum Gasteiger partial charge on any atom is 0.252 e. The molecule has 0 radical (unpaired) electrons. The maximum absolute atomic E-state index is 13.6. The van der Waals surface area contributed by atoms with E-state index in [0.29, 0.717) is 23.0 Å². The van der Waals surface area contributed by atoms with Gasteiger partial charge in [-0.05, 0) is 62.2 Å². The summed E-state index contributed by atoms with van der Waals surface area (Å²) in [7, 11) is 1.56. The molecule has 178 valence electrons. The zero-order chi connectivity index (χ0) is 23.9. The van der Waals surface area contributed by atoms with E-state index in [1.165, 1.54) is 23.7 Å². The number of furan rings is 2. The van der Waals surface area contributed by atoms with E-state index in [4.69, 9.17) is 13.6 Å². The molecule has 4 rings (SSSR count). The van der Waals surface area contributed by atoms with E-state index in [-0.39, 0.29) is 17.9 Å². The number of amides is 2. The molecule has 7 heteroatoms. The second kappa shape index (κ2) is 10.9. The molecule has 1 atom stereocenters. The van der Waals surface area contributed by atoms with Gasteiger partial charge in [-0.25, -0.2) is 0 Å². The van der Waals surface area contributed by atoms with Crippen molar-refractivity contribution in [2.24, 2.45) is 0 Å². The Morgan fingerprint density at radius 1 is 1.12 bits per heavy atom. The fourth-order valence-corrected chi connectivity index (χ4v) is 4.29. The summed E-state index contributed by atoms with van der Waals surface area (Å²) in [5, 5.41) is 3.15. The highest BCUT2D eigenvalue weighted by atomic mass is 16.5. The first-order valence-electron chi connectivity index (χ1n) is 11.6. The molecule has 2 heterocycles. The molecule has 2 aromatic heterocycles. The molecule has 1 N–H and O–H groups in total. The van der Waals surface area contributed by atoms with Crippen LogP contribution in [0.25, 0.3) is 6.08 Å². The second-order valence-corrected chi connectivity index (χ2v) is 8.45. The number of aryl methyl sites for hydroxylation is 1. The van der Waals surface area contributed by atoms with Crippen LogP contribution in [0.3, 0.4) is 0 Å². The van der Waals surface area contributed by atoms with Crippen LogP contribution in [0.1, 0.15) is 55.4 Å². The number of hydrogen-bond acceptors (Lipinski definition) is 5. The van der Waals surface area contributed by atoms with Crippen LogP contribution in [-0.4, -0.2) is 25.0 Å². The Kier molecular flexibility index (Phi) is 7.52. The first kappa shape index (κ1) is 23.4. The summed E-state index contributed by atoms with van der Waals surface area (Å²) < 4.78 is 16.6. The summed E-state index contributed by atoms with van der Waals surface area (Å²) in [6, 6.07) is 13.2. The molecule has 2 amide bonds. The van der Waals surface area contributed by atoms with Crippen molar-refractivity contribution in [3.8, 4) is 5.75 Å². The van der Waals surface area contributed by atoms with Crippen LogP contribution in [0, 0.1) is 6.92 Å². The summed E-state index contributed by atoms with van der Waals surface area (Å²) in [4.78, 5) is 28.7. The number of hydrogen-bond donors (Lipinski definition) is 1. The minimum atomic E-state index is -0.987. The van der Waals surface area contributed by atoms with Gasteiger partial charge in [0.2, 0.25) is 0 Å². The van der Waals surface area contributed by atoms with E-state index in [2.05, 4.69) is 5.32 Å². The molecule has 0 saturated heterocycles. The third-order valence-corrected chi connectivity index (χ3v) is 5.99. The molecule has 1 aliphatic carbocycles. The first-order chi connectivity index (χ1) is 16.5. The van der Waals surface area contributed by atoms with Crippen molar-refractivity contribution >= 4 is 23.6 Å². The number of carbonyl (C=O) groups is 2. The molecule has 1 fully saturated rings. The third-order valence-electron chi connectivity index (χ3n) is 5.99. The Labute approximate surface area is 199 Å². The van der Waals surface area contributed by atoms with Gasteiger partial charge in [-0.15, -0.1) is 0 Å². The average molecular weight is 463 g/mol. The molecular formula is C27H30N2O5. The number of methoxy groups -OCH3 is 1. The predicted molar refractivity (Wildman–Crippen MR) is 129 cm³/mol. The Bertz CT molecular complexity index is 1130. The van der Waals surface area contributed by atoms with Gasteiger partial charge in [0, 0.05) is 23.9 Å². The van der Waals surface area contributed by atoms with Crippen molar-refractivity contribution in [1.82, 2.24) is 5.32 Å². The molecule has 0 unspecified atom stereocenters. The van der Waals surface area contributed by atoms with Crippen LogP contribution in [0.5, 0.6) is 5.75 Å². The second-order valence-electron chi connectivity index (χ2n) is 8.45. The lowest BCUT2D eigenvalue weighted by molar-refractivity contribution is -0.126. The fraction of sp³-hybridized carbons (Fsp3) is 0.333. The number of rotatable bonds is 8. The highest BCUT2D eigenvalue weighted by Crippen LogP contribution is 2.32. The van der Waals surface area contributed by atoms with Gasteiger partial charge in [-0.2, -0.15) is 0 Å². The van der Waals surface area contributed by atoms with Crippen LogP contribution >= 0.6 is 0 Å². The lowest BCUT2D eigenvalue weighted by Gasteiger charge is -2.31. The maximum atomic E-state index is 13.6. The summed E-state index contributed by atoms with van der Waals surface area (Å²) in [6.45, 7) is 1.84. The highest BCUT2D eigenvalue weighted by molar-refractivity contribution is 6.08. The van der Waals surface area contributed by atoms with Gasteiger partial charge in [0.1, 0.15) is 23.0 Å². The summed E-state index contributed by atoms with van der Waals surface area (Å²) >= 11 is 0. The Morgan fingerprint density at radius 2 is 1.94 bits per heavy atom. The van der Waals surface area contributed by atoms with Crippen LogP contribution < -0.4 is 15.0 Å². The van der Waals surface area contributed by atoms with E-state index >= 15 is 0 Å². The van der Waals surface area contributed by atoms with Crippen molar-refractivity contribution in [1.29, 1.82) is 0 Å². The Hall–Kier alpha value is -3.74. The number of nitrogens with one attached hydrogen (secondary N) is 1. The van der Waals surface area contributed by atoms with Gasteiger partial charge in [0.05, 0.1) is 13.4 Å². The van der Waals surface area contributed by atoms with Crippen LogP contribution in [0.2, 0.25) is 0 Å².